The van der Waals surface area contributed by atoms with Gasteiger partial charge in [-0.1, -0.05) is 12.1 Å². The molecule has 1 amide bonds. The Labute approximate surface area is 205 Å². The first kappa shape index (κ1) is 25.5. The van der Waals surface area contributed by atoms with Crippen LogP contribution in [0.25, 0.3) is 0 Å². The number of carbonyl (C=O) groups excluding carboxylic acids is 3. The Morgan fingerprint density at radius 2 is 1.51 bits per heavy atom. The molecule has 0 aliphatic heterocycles. The molecule has 1 N–H and O–H groups in total. The summed E-state index contributed by atoms with van der Waals surface area (Å²) in [5, 5.41) is 2.74. The molecule has 182 valence electrons. The van der Waals surface area contributed by atoms with Gasteiger partial charge in [-0.25, -0.2) is 0 Å². The summed E-state index contributed by atoms with van der Waals surface area (Å²) in [5.74, 6) is 0.774. The van der Waals surface area contributed by atoms with Gasteiger partial charge in [0, 0.05) is 17.7 Å². The second-order valence-corrected chi connectivity index (χ2v) is 8.17. The average molecular weight is 476 g/mol. The number of hydrogen-bond acceptors (Lipinski definition) is 6. The van der Waals surface area contributed by atoms with Crippen LogP contribution >= 0.6 is 0 Å². The summed E-state index contributed by atoms with van der Waals surface area (Å²) in [6.45, 7) is 5.48. The van der Waals surface area contributed by atoms with E-state index in [1.807, 2.05) is 32.0 Å². The van der Waals surface area contributed by atoms with E-state index in [0.717, 1.165) is 16.9 Å². The first-order valence-electron chi connectivity index (χ1n) is 11.3. The summed E-state index contributed by atoms with van der Waals surface area (Å²) < 4.78 is 16.2. The van der Waals surface area contributed by atoms with Gasteiger partial charge in [-0.15, -0.1) is 0 Å². The molecule has 0 bridgehead atoms. The van der Waals surface area contributed by atoms with Gasteiger partial charge in [0.05, 0.1) is 13.5 Å². The largest absolute Gasteiger partial charge is 0.497 e. The number of anilines is 1. The number of ketones is 1. The zero-order valence-corrected chi connectivity index (χ0v) is 20.3. The zero-order valence-electron chi connectivity index (χ0n) is 20.3. The summed E-state index contributed by atoms with van der Waals surface area (Å²) in [7, 11) is 1.54. The topological polar surface area (TPSA) is 90.9 Å². The monoisotopic (exact) mass is 475 g/mol. The minimum Gasteiger partial charge on any atom is -0.497 e. The highest BCUT2D eigenvalue weighted by Crippen LogP contribution is 2.27. The molecule has 0 saturated carbocycles. The van der Waals surface area contributed by atoms with Crippen LogP contribution in [-0.2, 0) is 14.3 Å². The van der Waals surface area contributed by atoms with Crippen molar-refractivity contribution in [3.8, 4) is 17.2 Å². The van der Waals surface area contributed by atoms with E-state index < -0.39 is 12.1 Å². The van der Waals surface area contributed by atoms with Crippen LogP contribution in [0.5, 0.6) is 17.2 Å². The van der Waals surface area contributed by atoms with Gasteiger partial charge in [0.2, 0.25) is 11.7 Å². The van der Waals surface area contributed by atoms with Crippen molar-refractivity contribution in [1.82, 2.24) is 0 Å². The third-order valence-electron chi connectivity index (χ3n) is 5.32. The third kappa shape index (κ3) is 7.43. The number of benzene rings is 3. The van der Waals surface area contributed by atoms with E-state index in [-0.39, 0.29) is 24.5 Å². The molecule has 0 aliphatic carbocycles. The average Bonchev–Trinajstić information content (AvgIpc) is 2.85. The van der Waals surface area contributed by atoms with E-state index in [1.165, 1.54) is 14.0 Å². The maximum absolute atomic E-state index is 12.4. The second kappa shape index (κ2) is 11.8. The van der Waals surface area contributed by atoms with Gasteiger partial charge in [0.15, 0.2) is 6.10 Å². The zero-order chi connectivity index (χ0) is 25.4. The van der Waals surface area contributed by atoms with Crippen molar-refractivity contribution in [1.29, 1.82) is 0 Å². The fourth-order valence-electron chi connectivity index (χ4n) is 3.29. The summed E-state index contributed by atoms with van der Waals surface area (Å²) in [6.07, 6.45) is -1.16. The number of nitrogens with one attached hydrogen (secondary N) is 1. The van der Waals surface area contributed by atoms with Crippen LogP contribution in [0.15, 0.2) is 66.7 Å². The molecule has 0 radical (unpaired) electrons. The Kier molecular flexibility index (Phi) is 8.62. The van der Waals surface area contributed by atoms with Crippen molar-refractivity contribution in [2.75, 3.05) is 12.4 Å². The van der Waals surface area contributed by atoms with Crippen molar-refractivity contribution >= 4 is 23.3 Å². The second-order valence-electron chi connectivity index (χ2n) is 8.17. The molecule has 0 fully saturated rings. The fourth-order valence-corrected chi connectivity index (χ4v) is 3.29. The van der Waals surface area contributed by atoms with Gasteiger partial charge < -0.3 is 19.5 Å². The van der Waals surface area contributed by atoms with Crippen LogP contribution in [0.3, 0.4) is 0 Å². The lowest BCUT2D eigenvalue weighted by Gasteiger charge is -2.13. The molecule has 1 unspecified atom stereocenters. The molecule has 3 aromatic rings. The summed E-state index contributed by atoms with van der Waals surface area (Å²) in [4.78, 5) is 36.8. The van der Waals surface area contributed by atoms with Crippen LogP contribution in [0, 0.1) is 13.8 Å². The lowest BCUT2D eigenvalue weighted by Crippen LogP contribution is -2.25. The molecule has 7 heteroatoms. The van der Waals surface area contributed by atoms with E-state index in [1.54, 1.807) is 48.5 Å². The predicted octanol–water partition coefficient (Wildman–Crippen LogP) is 5.64. The number of carbonyl (C=O) groups is 3. The highest BCUT2D eigenvalue weighted by molar-refractivity contribution is 6.00. The SMILES string of the molecule is COc1ccc(C(=O)C(C)OC(=O)CCC(=O)Nc2ccc(Oc3cc(C)ccc3C)cc2)cc1. The van der Waals surface area contributed by atoms with Crippen molar-refractivity contribution in [3.63, 3.8) is 0 Å². The summed E-state index contributed by atoms with van der Waals surface area (Å²) in [6, 6.07) is 19.5. The van der Waals surface area contributed by atoms with E-state index in [4.69, 9.17) is 14.2 Å². The van der Waals surface area contributed by atoms with E-state index >= 15 is 0 Å². The molecule has 0 aliphatic rings. The number of rotatable bonds is 10. The fraction of sp³-hybridized carbons (Fsp3) is 0.250. The summed E-state index contributed by atoms with van der Waals surface area (Å²) in [5.41, 5.74) is 3.13. The smallest absolute Gasteiger partial charge is 0.307 e. The van der Waals surface area contributed by atoms with Crippen LogP contribution in [0.1, 0.15) is 41.3 Å². The number of amides is 1. The van der Waals surface area contributed by atoms with Gasteiger partial charge in [-0.3, -0.25) is 14.4 Å². The number of methoxy groups -OCH3 is 1. The van der Waals surface area contributed by atoms with E-state index in [9.17, 15) is 14.4 Å². The molecule has 0 spiro atoms. The van der Waals surface area contributed by atoms with Gasteiger partial charge in [0.1, 0.15) is 17.2 Å². The van der Waals surface area contributed by atoms with E-state index in [2.05, 4.69) is 5.32 Å². The van der Waals surface area contributed by atoms with E-state index in [0.29, 0.717) is 22.7 Å². The van der Waals surface area contributed by atoms with Gasteiger partial charge in [0.25, 0.3) is 0 Å². The molecule has 3 rings (SSSR count). The van der Waals surface area contributed by atoms with Gasteiger partial charge in [-0.2, -0.15) is 0 Å². The Balaban J connectivity index is 1.44. The highest BCUT2D eigenvalue weighted by Gasteiger charge is 2.20. The number of Topliss-reactive ketones (excluding diaryl/α,β-unsaturated/α-hetero) is 1. The van der Waals surface area contributed by atoms with Crippen LogP contribution in [-0.4, -0.2) is 30.9 Å². The number of esters is 1. The van der Waals surface area contributed by atoms with Crippen molar-refractivity contribution < 1.29 is 28.6 Å². The quantitative estimate of drug-likeness (QED) is 0.302. The summed E-state index contributed by atoms with van der Waals surface area (Å²) >= 11 is 0. The Morgan fingerprint density at radius 1 is 0.857 bits per heavy atom. The first-order chi connectivity index (χ1) is 16.7. The van der Waals surface area contributed by atoms with Crippen molar-refractivity contribution in [3.05, 3.63) is 83.4 Å². The van der Waals surface area contributed by atoms with Crippen molar-refractivity contribution in [2.24, 2.45) is 0 Å². The van der Waals surface area contributed by atoms with Gasteiger partial charge in [-0.05, 0) is 86.5 Å². The normalized spacial score (nSPS) is 11.3. The molecule has 7 nitrogen and oxygen atoms in total. The van der Waals surface area contributed by atoms with Crippen LogP contribution < -0.4 is 14.8 Å². The maximum atomic E-state index is 12.4. The Hall–Kier alpha value is -4.13. The molecule has 1 atom stereocenters. The molecular formula is C28H29NO6. The van der Waals surface area contributed by atoms with Gasteiger partial charge >= 0.3 is 5.97 Å². The van der Waals surface area contributed by atoms with Crippen molar-refractivity contribution in [2.45, 2.75) is 39.7 Å². The molecule has 35 heavy (non-hydrogen) atoms. The Bertz CT molecular complexity index is 1190. The Morgan fingerprint density at radius 3 is 2.17 bits per heavy atom. The predicted molar refractivity (Wildman–Crippen MR) is 133 cm³/mol. The minimum atomic E-state index is -0.955. The number of ether oxygens (including phenoxy) is 3. The molecule has 0 aromatic heterocycles. The minimum absolute atomic E-state index is 0.0665. The lowest BCUT2D eigenvalue weighted by atomic mass is 10.1. The number of hydrogen-bond donors (Lipinski definition) is 1. The molecule has 0 saturated heterocycles. The standard InChI is InChI=1S/C28H29NO6/c1-18-5-6-19(2)25(17-18)35-24-13-9-22(10-14-24)29-26(30)15-16-27(31)34-20(3)28(32)21-7-11-23(33-4)12-8-21/h5-14,17,20H,15-16H2,1-4H3,(H,29,30). The maximum Gasteiger partial charge on any atom is 0.307 e. The molecule has 3 aromatic carbocycles. The first-order valence-corrected chi connectivity index (χ1v) is 11.3. The highest BCUT2D eigenvalue weighted by atomic mass is 16.5. The lowest BCUT2D eigenvalue weighted by molar-refractivity contribution is -0.147. The third-order valence-corrected chi connectivity index (χ3v) is 5.32. The van der Waals surface area contributed by atoms with Crippen LogP contribution in [0.4, 0.5) is 5.69 Å². The number of aryl methyl sites for hydroxylation is 2. The molecular weight excluding hydrogens is 446 g/mol. The molecule has 0 heterocycles. The van der Waals surface area contributed by atoms with Crippen LogP contribution in [0.2, 0.25) is 0 Å².